The first kappa shape index (κ1) is 13.8. The van der Waals surface area contributed by atoms with Crippen LogP contribution in [0.4, 0.5) is 5.69 Å². The summed E-state index contributed by atoms with van der Waals surface area (Å²) in [4.78, 5) is 0. The second kappa shape index (κ2) is 5.41. The van der Waals surface area contributed by atoms with E-state index in [9.17, 15) is 5.11 Å². The van der Waals surface area contributed by atoms with E-state index in [1.54, 1.807) is 7.11 Å². The highest BCUT2D eigenvalue weighted by atomic mass is 16.5. The number of methoxy groups -OCH3 is 1. The van der Waals surface area contributed by atoms with Gasteiger partial charge in [0.1, 0.15) is 5.75 Å². The van der Waals surface area contributed by atoms with Crippen LogP contribution >= 0.6 is 0 Å². The molecular weight excluding hydrogens is 214 g/mol. The fraction of sp³-hybridized carbons (Fsp3) is 0.571. The first-order chi connectivity index (χ1) is 7.84. The maximum Gasteiger partial charge on any atom is 0.119 e. The van der Waals surface area contributed by atoms with Crippen LogP contribution in [0, 0.1) is 12.3 Å². The van der Waals surface area contributed by atoms with E-state index in [4.69, 9.17) is 4.74 Å². The van der Waals surface area contributed by atoms with Gasteiger partial charge in [-0.3, -0.25) is 0 Å². The molecule has 17 heavy (non-hydrogen) atoms. The van der Waals surface area contributed by atoms with Gasteiger partial charge in [-0.05, 0) is 36.1 Å². The molecule has 0 amide bonds. The quantitative estimate of drug-likeness (QED) is 0.846. The summed E-state index contributed by atoms with van der Waals surface area (Å²) in [5, 5.41) is 13.2. The molecule has 0 saturated carbocycles. The number of aryl methyl sites for hydroxylation is 1. The van der Waals surface area contributed by atoms with Gasteiger partial charge in [0.15, 0.2) is 0 Å². The van der Waals surface area contributed by atoms with Crippen molar-refractivity contribution in [1.82, 2.24) is 0 Å². The first-order valence-corrected chi connectivity index (χ1v) is 5.91. The van der Waals surface area contributed by atoms with Gasteiger partial charge in [0.2, 0.25) is 0 Å². The fourth-order valence-corrected chi connectivity index (χ4v) is 1.47. The van der Waals surface area contributed by atoms with E-state index < -0.39 is 0 Å². The lowest BCUT2D eigenvalue weighted by molar-refractivity contribution is 0.0746. The monoisotopic (exact) mass is 237 g/mol. The van der Waals surface area contributed by atoms with Crippen LogP contribution in [0.3, 0.4) is 0 Å². The van der Waals surface area contributed by atoms with E-state index in [1.165, 1.54) is 0 Å². The minimum Gasteiger partial charge on any atom is -0.497 e. The molecule has 0 radical (unpaired) electrons. The predicted octanol–water partition coefficient (Wildman–Crippen LogP) is 2.82. The second-order valence-electron chi connectivity index (χ2n) is 5.44. The Morgan fingerprint density at radius 1 is 1.35 bits per heavy atom. The molecule has 3 nitrogen and oxygen atoms in total. The van der Waals surface area contributed by atoms with Crippen molar-refractivity contribution in [3.05, 3.63) is 23.8 Å². The predicted molar refractivity (Wildman–Crippen MR) is 71.7 cm³/mol. The molecule has 0 aliphatic carbocycles. The molecule has 0 bridgehead atoms. The molecule has 0 spiro atoms. The standard InChI is InChI=1S/C14H23NO2/c1-10-8-11(17-5)6-7-12(10)15-9-13(16)14(2,3)4/h6-8,13,15-16H,9H2,1-5H3. The second-order valence-corrected chi connectivity index (χ2v) is 5.44. The number of rotatable bonds is 4. The van der Waals surface area contributed by atoms with E-state index in [0.29, 0.717) is 6.54 Å². The van der Waals surface area contributed by atoms with Crippen molar-refractivity contribution >= 4 is 5.69 Å². The largest absolute Gasteiger partial charge is 0.497 e. The van der Waals surface area contributed by atoms with Gasteiger partial charge in [-0.25, -0.2) is 0 Å². The zero-order chi connectivity index (χ0) is 13.1. The summed E-state index contributed by atoms with van der Waals surface area (Å²) in [6, 6.07) is 5.87. The summed E-state index contributed by atoms with van der Waals surface area (Å²) >= 11 is 0. The maximum absolute atomic E-state index is 9.95. The highest BCUT2D eigenvalue weighted by Gasteiger charge is 2.21. The smallest absolute Gasteiger partial charge is 0.119 e. The summed E-state index contributed by atoms with van der Waals surface area (Å²) in [6.45, 7) is 8.66. The molecule has 1 aromatic carbocycles. The molecule has 0 heterocycles. The number of benzene rings is 1. The van der Waals surface area contributed by atoms with Crippen LogP contribution in [0.1, 0.15) is 26.3 Å². The summed E-state index contributed by atoms with van der Waals surface area (Å²) in [5.41, 5.74) is 2.05. The molecular formula is C14H23NO2. The molecule has 0 aromatic heterocycles. The van der Waals surface area contributed by atoms with Gasteiger partial charge in [0, 0.05) is 12.2 Å². The molecule has 1 rings (SSSR count). The van der Waals surface area contributed by atoms with Crippen molar-refractivity contribution in [2.24, 2.45) is 5.41 Å². The Morgan fingerprint density at radius 3 is 2.47 bits per heavy atom. The third-order valence-electron chi connectivity index (χ3n) is 2.92. The summed E-state index contributed by atoms with van der Waals surface area (Å²) in [5.74, 6) is 0.851. The molecule has 0 aliphatic heterocycles. The minimum absolute atomic E-state index is 0.104. The van der Waals surface area contributed by atoms with Gasteiger partial charge in [-0.15, -0.1) is 0 Å². The molecule has 3 heteroatoms. The topological polar surface area (TPSA) is 41.5 Å². The molecule has 96 valence electrons. The van der Waals surface area contributed by atoms with E-state index in [2.05, 4.69) is 5.32 Å². The molecule has 1 unspecified atom stereocenters. The minimum atomic E-state index is -0.371. The van der Waals surface area contributed by atoms with Crippen molar-refractivity contribution in [3.63, 3.8) is 0 Å². The Bertz CT molecular complexity index is 369. The van der Waals surface area contributed by atoms with Crippen LogP contribution in [0.5, 0.6) is 5.75 Å². The van der Waals surface area contributed by atoms with E-state index in [-0.39, 0.29) is 11.5 Å². The van der Waals surface area contributed by atoms with Gasteiger partial charge in [-0.1, -0.05) is 20.8 Å². The van der Waals surface area contributed by atoms with Gasteiger partial charge in [0.25, 0.3) is 0 Å². The molecule has 2 N–H and O–H groups in total. The van der Waals surface area contributed by atoms with E-state index in [1.807, 2.05) is 45.9 Å². The fourth-order valence-electron chi connectivity index (χ4n) is 1.47. The van der Waals surface area contributed by atoms with Gasteiger partial charge < -0.3 is 15.2 Å². The average molecular weight is 237 g/mol. The van der Waals surface area contributed by atoms with Crippen molar-refractivity contribution in [3.8, 4) is 5.75 Å². The molecule has 0 fully saturated rings. The van der Waals surface area contributed by atoms with Crippen LogP contribution in [-0.4, -0.2) is 24.9 Å². The van der Waals surface area contributed by atoms with Crippen LogP contribution in [0.2, 0.25) is 0 Å². The van der Waals surface area contributed by atoms with Crippen LogP contribution in [-0.2, 0) is 0 Å². The highest BCUT2D eigenvalue weighted by molar-refractivity contribution is 5.53. The molecule has 0 saturated heterocycles. The third-order valence-corrected chi connectivity index (χ3v) is 2.92. The average Bonchev–Trinajstić information content (AvgIpc) is 2.25. The normalized spacial score (nSPS) is 13.3. The molecule has 0 aliphatic rings. The van der Waals surface area contributed by atoms with Gasteiger partial charge in [-0.2, -0.15) is 0 Å². The number of hydrogen-bond donors (Lipinski definition) is 2. The van der Waals surface area contributed by atoms with Crippen LogP contribution in [0.25, 0.3) is 0 Å². The zero-order valence-corrected chi connectivity index (χ0v) is 11.4. The molecule has 1 aromatic rings. The van der Waals surface area contributed by atoms with Crippen molar-refractivity contribution in [2.75, 3.05) is 19.0 Å². The number of anilines is 1. The lowest BCUT2D eigenvalue weighted by atomic mass is 9.89. The SMILES string of the molecule is COc1ccc(NCC(O)C(C)(C)C)c(C)c1. The number of nitrogens with one attached hydrogen (secondary N) is 1. The zero-order valence-electron chi connectivity index (χ0n) is 11.4. The summed E-state index contributed by atoms with van der Waals surface area (Å²) in [7, 11) is 1.66. The number of ether oxygens (including phenoxy) is 1. The number of aliphatic hydroxyl groups is 1. The Balaban J connectivity index is 2.64. The van der Waals surface area contributed by atoms with Gasteiger partial charge in [0.05, 0.1) is 13.2 Å². The summed E-state index contributed by atoms with van der Waals surface area (Å²) in [6.07, 6.45) is -0.371. The Labute approximate surface area is 104 Å². The molecule has 1 atom stereocenters. The van der Waals surface area contributed by atoms with E-state index in [0.717, 1.165) is 17.0 Å². The Kier molecular flexibility index (Phi) is 4.40. The number of hydrogen-bond acceptors (Lipinski definition) is 3. The summed E-state index contributed by atoms with van der Waals surface area (Å²) < 4.78 is 5.15. The van der Waals surface area contributed by atoms with Gasteiger partial charge >= 0.3 is 0 Å². The Morgan fingerprint density at radius 2 is 2.00 bits per heavy atom. The van der Waals surface area contributed by atoms with Crippen LogP contribution in [0.15, 0.2) is 18.2 Å². The lowest BCUT2D eigenvalue weighted by Crippen LogP contribution is -2.32. The van der Waals surface area contributed by atoms with Crippen molar-refractivity contribution < 1.29 is 9.84 Å². The lowest BCUT2D eigenvalue weighted by Gasteiger charge is -2.26. The van der Waals surface area contributed by atoms with Crippen molar-refractivity contribution in [1.29, 1.82) is 0 Å². The maximum atomic E-state index is 9.95. The highest BCUT2D eigenvalue weighted by Crippen LogP contribution is 2.23. The van der Waals surface area contributed by atoms with Crippen molar-refractivity contribution in [2.45, 2.75) is 33.8 Å². The van der Waals surface area contributed by atoms with Crippen LogP contribution < -0.4 is 10.1 Å². The third kappa shape index (κ3) is 3.93. The Hall–Kier alpha value is -1.22. The van der Waals surface area contributed by atoms with E-state index >= 15 is 0 Å². The number of aliphatic hydroxyl groups excluding tert-OH is 1. The first-order valence-electron chi connectivity index (χ1n) is 5.91.